The molecule has 16 heavy (non-hydrogen) atoms. The van der Waals surface area contributed by atoms with Crippen LogP contribution in [0.25, 0.3) is 0 Å². The summed E-state index contributed by atoms with van der Waals surface area (Å²) in [5.74, 6) is 1.71. The fourth-order valence-corrected chi connectivity index (χ4v) is 3.28. The van der Waals surface area contributed by atoms with Crippen molar-refractivity contribution in [2.75, 3.05) is 11.9 Å². The molecule has 1 saturated carbocycles. The van der Waals surface area contributed by atoms with E-state index in [2.05, 4.69) is 34.2 Å². The first kappa shape index (κ1) is 11.9. The fraction of sp³-hybridized carbons (Fsp3) is 0.583. The minimum atomic E-state index is 0.721. The van der Waals surface area contributed by atoms with Crippen molar-refractivity contribution in [2.24, 2.45) is 11.8 Å². The number of hydrogen-bond donors (Lipinski definition) is 1. The molecule has 1 heterocycles. The van der Waals surface area contributed by atoms with Crippen LogP contribution in [0.5, 0.6) is 0 Å². The van der Waals surface area contributed by atoms with Gasteiger partial charge in [0.1, 0.15) is 6.07 Å². The van der Waals surface area contributed by atoms with Gasteiger partial charge in [-0.3, -0.25) is 0 Å². The number of nitrogens with one attached hydrogen (secondary N) is 1. The zero-order valence-corrected chi connectivity index (χ0v) is 11.7. The second-order valence-corrected chi connectivity index (χ2v) is 6.95. The largest absolute Gasteiger partial charge is 0.377 e. The van der Waals surface area contributed by atoms with Crippen LogP contribution < -0.4 is 5.32 Å². The second kappa shape index (κ2) is 5.20. The van der Waals surface area contributed by atoms with E-state index in [-0.39, 0.29) is 0 Å². The lowest BCUT2D eigenvalue weighted by atomic mass is 10.1. The van der Waals surface area contributed by atoms with E-state index in [0.29, 0.717) is 0 Å². The van der Waals surface area contributed by atoms with Gasteiger partial charge in [0.15, 0.2) is 0 Å². The van der Waals surface area contributed by atoms with Gasteiger partial charge in [0.25, 0.3) is 0 Å². The van der Waals surface area contributed by atoms with E-state index in [9.17, 15) is 0 Å². The maximum Gasteiger partial charge on any atom is 0.101 e. The van der Waals surface area contributed by atoms with E-state index in [1.165, 1.54) is 19.3 Å². The Bertz CT molecular complexity index is 404. The van der Waals surface area contributed by atoms with Gasteiger partial charge in [-0.25, -0.2) is 0 Å². The number of thiophene rings is 1. The highest BCUT2D eigenvalue weighted by Gasteiger charge is 2.23. The van der Waals surface area contributed by atoms with Crippen molar-refractivity contribution in [2.45, 2.75) is 26.2 Å². The molecule has 1 N–H and O–H groups in total. The molecule has 0 spiro atoms. The molecule has 4 heteroatoms. The molecular formula is C12H15BrN2S. The summed E-state index contributed by atoms with van der Waals surface area (Å²) in [6.07, 6.45) is 4.19. The highest BCUT2D eigenvalue weighted by molar-refractivity contribution is 9.11. The number of anilines is 1. The van der Waals surface area contributed by atoms with Crippen LogP contribution in [-0.4, -0.2) is 6.54 Å². The van der Waals surface area contributed by atoms with Gasteiger partial charge in [0, 0.05) is 6.54 Å². The van der Waals surface area contributed by atoms with Crippen LogP contribution in [0.3, 0.4) is 0 Å². The number of rotatable bonds is 5. The molecule has 1 atom stereocenters. The Labute approximate surface area is 109 Å². The molecule has 86 valence electrons. The van der Waals surface area contributed by atoms with Crippen LogP contribution in [0.15, 0.2) is 9.85 Å². The van der Waals surface area contributed by atoms with Crippen molar-refractivity contribution in [3.05, 3.63) is 15.4 Å². The molecule has 0 saturated heterocycles. The average molecular weight is 299 g/mol. The molecule has 2 rings (SSSR count). The zero-order chi connectivity index (χ0) is 11.5. The number of nitrogens with zero attached hydrogens (tertiary/aromatic N) is 1. The first-order chi connectivity index (χ1) is 7.69. The average Bonchev–Trinajstić information content (AvgIpc) is 2.98. The second-order valence-electron chi connectivity index (χ2n) is 4.57. The van der Waals surface area contributed by atoms with Crippen molar-refractivity contribution in [1.82, 2.24) is 0 Å². The Morgan fingerprint density at radius 2 is 2.44 bits per heavy atom. The topological polar surface area (TPSA) is 35.8 Å². The first-order valence-electron chi connectivity index (χ1n) is 5.62. The van der Waals surface area contributed by atoms with Crippen molar-refractivity contribution < 1.29 is 0 Å². The summed E-state index contributed by atoms with van der Waals surface area (Å²) >= 11 is 4.99. The van der Waals surface area contributed by atoms with Crippen molar-refractivity contribution in [3.63, 3.8) is 0 Å². The highest BCUT2D eigenvalue weighted by Crippen LogP contribution is 2.36. The monoisotopic (exact) mass is 298 g/mol. The van der Waals surface area contributed by atoms with Crippen LogP contribution in [0.4, 0.5) is 5.00 Å². The maximum atomic E-state index is 8.84. The minimum absolute atomic E-state index is 0.721. The highest BCUT2D eigenvalue weighted by atomic mass is 79.9. The molecule has 0 bridgehead atoms. The van der Waals surface area contributed by atoms with Gasteiger partial charge in [0.05, 0.1) is 14.4 Å². The molecule has 2 nitrogen and oxygen atoms in total. The molecule has 1 aromatic rings. The third kappa shape index (κ3) is 3.23. The predicted octanol–water partition coefficient (Wildman–Crippen LogP) is 4.23. The van der Waals surface area contributed by atoms with Gasteiger partial charge in [-0.15, -0.1) is 11.3 Å². The summed E-state index contributed by atoms with van der Waals surface area (Å²) in [5, 5.41) is 13.3. The summed E-state index contributed by atoms with van der Waals surface area (Å²) in [5.41, 5.74) is 0.724. The Balaban J connectivity index is 1.81. The van der Waals surface area contributed by atoms with Gasteiger partial charge in [0.2, 0.25) is 0 Å². The predicted molar refractivity (Wildman–Crippen MR) is 71.7 cm³/mol. The minimum Gasteiger partial charge on any atom is -0.377 e. The van der Waals surface area contributed by atoms with Crippen LogP contribution in [-0.2, 0) is 0 Å². The van der Waals surface area contributed by atoms with Crippen molar-refractivity contribution in [3.8, 4) is 6.07 Å². The van der Waals surface area contributed by atoms with Gasteiger partial charge >= 0.3 is 0 Å². The molecule has 1 aliphatic rings. The molecule has 1 fully saturated rings. The third-order valence-electron chi connectivity index (χ3n) is 2.86. The van der Waals surface area contributed by atoms with Gasteiger partial charge in [-0.05, 0) is 40.3 Å². The maximum absolute atomic E-state index is 8.84. The summed E-state index contributed by atoms with van der Waals surface area (Å²) in [6, 6.07) is 4.08. The van der Waals surface area contributed by atoms with Gasteiger partial charge in [-0.2, -0.15) is 5.26 Å². The molecule has 0 radical (unpaired) electrons. The quantitative estimate of drug-likeness (QED) is 0.883. The van der Waals surface area contributed by atoms with Crippen LogP contribution >= 0.6 is 27.3 Å². The Morgan fingerprint density at radius 1 is 1.69 bits per heavy atom. The summed E-state index contributed by atoms with van der Waals surface area (Å²) in [4.78, 5) is 0. The van der Waals surface area contributed by atoms with Crippen LogP contribution in [0, 0.1) is 23.2 Å². The van der Waals surface area contributed by atoms with Gasteiger partial charge in [-0.1, -0.05) is 19.8 Å². The van der Waals surface area contributed by atoms with Crippen molar-refractivity contribution in [1.29, 1.82) is 5.26 Å². The summed E-state index contributed by atoms with van der Waals surface area (Å²) in [7, 11) is 0. The van der Waals surface area contributed by atoms with E-state index in [1.54, 1.807) is 11.3 Å². The third-order valence-corrected chi connectivity index (χ3v) is 4.66. The number of halogens is 1. The van der Waals surface area contributed by atoms with Crippen LogP contribution in [0.1, 0.15) is 31.7 Å². The molecule has 1 unspecified atom stereocenters. The summed E-state index contributed by atoms with van der Waals surface area (Å²) in [6.45, 7) is 3.30. The Kier molecular flexibility index (Phi) is 3.88. The lowest BCUT2D eigenvalue weighted by Crippen LogP contribution is -2.10. The van der Waals surface area contributed by atoms with E-state index in [1.807, 2.05) is 6.07 Å². The smallest absolute Gasteiger partial charge is 0.101 e. The van der Waals surface area contributed by atoms with Crippen LogP contribution in [0.2, 0.25) is 0 Å². The fourth-order valence-electron chi connectivity index (χ4n) is 1.81. The SMILES string of the molecule is CC(CNc1cc(C#N)c(Br)s1)CC1CC1. The molecule has 1 aliphatic carbocycles. The number of hydrogen-bond acceptors (Lipinski definition) is 3. The van der Waals surface area contributed by atoms with Gasteiger partial charge < -0.3 is 5.32 Å². The molecular weight excluding hydrogens is 284 g/mol. The first-order valence-corrected chi connectivity index (χ1v) is 7.23. The Morgan fingerprint density at radius 3 is 3.00 bits per heavy atom. The molecule has 0 aliphatic heterocycles. The zero-order valence-electron chi connectivity index (χ0n) is 9.29. The number of nitriles is 1. The van der Waals surface area contributed by atoms with Crippen molar-refractivity contribution >= 4 is 32.3 Å². The molecule has 0 amide bonds. The summed E-state index contributed by atoms with van der Waals surface area (Å²) < 4.78 is 0.923. The standard InChI is InChI=1S/C12H15BrN2S/c1-8(4-9-2-3-9)7-15-11-5-10(6-14)12(13)16-11/h5,8-9,15H,2-4,7H2,1H3. The molecule has 0 aromatic carbocycles. The van der Waals surface area contributed by atoms with E-state index in [0.717, 1.165) is 32.7 Å². The lowest BCUT2D eigenvalue weighted by molar-refractivity contribution is 0.519. The van der Waals surface area contributed by atoms with E-state index < -0.39 is 0 Å². The van der Waals surface area contributed by atoms with E-state index in [4.69, 9.17) is 5.26 Å². The lowest BCUT2D eigenvalue weighted by Gasteiger charge is -2.11. The normalized spacial score (nSPS) is 16.8. The van der Waals surface area contributed by atoms with E-state index >= 15 is 0 Å². The molecule has 1 aromatic heterocycles. The Hall–Kier alpha value is -0.530.